The largest absolute Gasteiger partial charge is 0.493 e. The van der Waals surface area contributed by atoms with Crippen molar-refractivity contribution in [3.8, 4) is 5.75 Å². The zero-order chi connectivity index (χ0) is 18.8. The van der Waals surface area contributed by atoms with E-state index in [1.165, 1.54) is 5.56 Å². The number of likely N-dealkylation sites (tertiary alicyclic amines) is 1. The van der Waals surface area contributed by atoms with Crippen molar-refractivity contribution in [3.05, 3.63) is 29.3 Å². The molecule has 4 rings (SSSR count). The fraction of sp³-hybridized carbons (Fsp3) is 0.526. The van der Waals surface area contributed by atoms with Crippen LogP contribution in [0.4, 0.5) is 4.79 Å². The number of rotatable bonds is 4. The topological polar surface area (TPSA) is 100 Å². The van der Waals surface area contributed by atoms with Gasteiger partial charge < -0.3 is 24.9 Å². The Morgan fingerprint density at radius 1 is 1.30 bits per heavy atom. The highest BCUT2D eigenvalue weighted by Gasteiger charge is 2.28. The van der Waals surface area contributed by atoms with Crippen LogP contribution in [0.25, 0.3) is 0 Å². The van der Waals surface area contributed by atoms with Gasteiger partial charge in [0.2, 0.25) is 0 Å². The number of ether oxygens (including phenoxy) is 1. The average molecular weight is 373 g/mol. The SMILES string of the molecule is O=C(O)C1CCN(C(=O)NCC2CC(c3ccc4c(c3)CCO4)=NO2)CC1. The molecule has 0 spiro atoms. The molecule has 2 amide bonds. The van der Waals surface area contributed by atoms with Crippen LogP contribution in [0.3, 0.4) is 0 Å². The highest BCUT2D eigenvalue weighted by atomic mass is 16.6. The first-order valence-corrected chi connectivity index (χ1v) is 9.34. The summed E-state index contributed by atoms with van der Waals surface area (Å²) < 4.78 is 5.52. The second-order valence-electron chi connectivity index (χ2n) is 7.18. The van der Waals surface area contributed by atoms with Gasteiger partial charge in [-0.1, -0.05) is 5.16 Å². The van der Waals surface area contributed by atoms with Crippen LogP contribution in [0.15, 0.2) is 23.4 Å². The second-order valence-corrected chi connectivity index (χ2v) is 7.18. The molecule has 3 heterocycles. The monoisotopic (exact) mass is 373 g/mol. The first-order chi connectivity index (χ1) is 13.1. The van der Waals surface area contributed by atoms with Gasteiger partial charge in [-0.05, 0) is 42.2 Å². The molecule has 144 valence electrons. The minimum absolute atomic E-state index is 0.175. The quantitative estimate of drug-likeness (QED) is 0.835. The number of carbonyl (C=O) groups is 2. The van der Waals surface area contributed by atoms with Crippen LogP contribution < -0.4 is 10.1 Å². The van der Waals surface area contributed by atoms with Gasteiger partial charge in [0.25, 0.3) is 0 Å². The maximum Gasteiger partial charge on any atom is 0.317 e. The lowest BCUT2D eigenvalue weighted by Crippen LogP contribution is -2.47. The van der Waals surface area contributed by atoms with Gasteiger partial charge in [0, 0.05) is 25.9 Å². The first-order valence-electron chi connectivity index (χ1n) is 9.34. The Balaban J connectivity index is 1.24. The summed E-state index contributed by atoms with van der Waals surface area (Å²) in [6.07, 6.45) is 2.36. The van der Waals surface area contributed by atoms with Gasteiger partial charge in [0.05, 0.1) is 24.8 Å². The van der Waals surface area contributed by atoms with Crippen molar-refractivity contribution in [1.82, 2.24) is 10.2 Å². The Morgan fingerprint density at radius 3 is 2.89 bits per heavy atom. The molecule has 0 aliphatic carbocycles. The molecule has 0 radical (unpaired) electrons. The molecular weight excluding hydrogens is 350 g/mol. The molecular formula is C19H23N3O5. The summed E-state index contributed by atoms with van der Waals surface area (Å²) in [6, 6.07) is 5.87. The number of nitrogens with one attached hydrogen (secondary N) is 1. The highest BCUT2D eigenvalue weighted by molar-refractivity contribution is 6.01. The zero-order valence-electron chi connectivity index (χ0n) is 15.0. The van der Waals surface area contributed by atoms with Crippen LogP contribution >= 0.6 is 0 Å². The van der Waals surface area contributed by atoms with Gasteiger partial charge in [0.15, 0.2) is 6.10 Å². The number of oxime groups is 1. The lowest BCUT2D eigenvalue weighted by atomic mass is 9.97. The minimum atomic E-state index is -0.780. The van der Waals surface area contributed by atoms with Gasteiger partial charge in [-0.3, -0.25) is 4.79 Å². The van der Waals surface area contributed by atoms with E-state index >= 15 is 0 Å². The number of urea groups is 1. The number of carboxylic acid groups (broad SMARTS) is 1. The normalized spacial score (nSPS) is 21.9. The van der Waals surface area contributed by atoms with Crippen molar-refractivity contribution in [2.45, 2.75) is 31.8 Å². The smallest absolute Gasteiger partial charge is 0.317 e. The molecule has 0 aromatic heterocycles. The Hall–Kier alpha value is -2.77. The molecule has 2 N–H and O–H groups in total. The van der Waals surface area contributed by atoms with Crippen molar-refractivity contribution in [2.75, 3.05) is 26.2 Å². The van der Waals surface area contributed by atoms with Crippen LogP contribution in [0, 0.1) is 5.92 Å². The molecule has 1 fully saturated rings. The minimum Gasteiger partial charge on any atom is -0.493 e. The van der Waals surface area contributed by atoms with Gasteiger partial charge in [-0.15, -0.1) is 0 Å². The van der Waals surface area contributed by atoms with Crippen molar-refractivity contribution in [2.24, 2.45) is 11.1 Å². The number of benzene rings is 1. The number of hydrogen-bond donors (Lipinski definition) is 2. The third-order valence-corrected chi connectivity index (χ3v) is 5.37. The van der Waals surface area contributed by atoms with Gasteiger partial charge in [-0.25, -0.2) is 4.79 Å². The van der Waals surface area contributed by atoms with Crippen molar-refractivity contribution in [1.29, 1.82) is 0 Å². The van der Waals surface area contributed by atoms with E-state index < -0.39 is 5.97 Å². The molecule has 1 aromatic rings. The summed E-state index contributed by atoms with van der Waals surface area (Å²) in [7, 11) is 0. The number of amides is 2. The van der Waals surface area contributed by atoms with Crippen molar-refractivity contribution in [3.63, 3.8) is 0 Å². The summed E-state index contributed by atoms with van der Waals surface area (Å²) in [5, 5.41) is 16.1. The maximum atomic E-state index is 12.3. The number of carbonyl (C=O) groups excluding carboxylic acids is 1. The fourth-order valence-corrected chi connectivity index (χ4v) is 3.72. The molecule has 3 aliphatic heterocycles. The standard InChI is InChI=1S/C19H23N3O5/c23-18(24)12-3-6-22(7-4-12)19(25)20-11-15-10-16(21-27-15)13-1-2-17-14(9-13)5-8-26-17/h1-2,9,12,15H,3-8,10-11H2,(H,20,25)(H,23,24). The van der Waals surface area contributed by atoms with Crippen molar-refractivity contribution < 1.29 is 24.3 Å². The number of piperidine rings is 1. The summed E-state index contributed by atoms with van der Waals surface area (Å²) in [5.74, 6) is -0.188. The second kappa shape index (κ2) is 7.46. The highest BCUT2D eigenvalue weighted by Crippen LogP contribution is 2.27. The van der Waals surface area contributed by atoms with Crippen LogP contribution in [-0.4, -0.2) is 60.1 Å². The van der Waals surface area contributed by atoms with E-state index in [4.69, 9.17) is 14.7 Å². The number of hydrogen-bond acceptors (Lipinski definition) is 5. The van der Waals surface area contributed by atoms with E-state index in [0.717, 1.165) is 30.1 Å². The van der Waals surface area contributed by atoms with E-state index in [1.807, 2.05) is 12.1 Å². The fourth-order valence-electron chi connectivity index (χ4n) is 3.72. The summed E-state index contributed by atoms with van der Waals surface area (Å²) in [5.41, 5.74) is 3.10. The lowest BCUT2D eigenvalue weighted by molar-refractivity contribution is -0.143. The third kappa shape index (κ3) is 3.84. The number of nitrogens with zero attached hydrogens (tertiary/aromatic N) is 2. The molecule has 0 bridgehead atoms. The van der Waals surface area contributed by atoms with E-state index in [-0.39, 0.29) is 18.1 Å². The lowest BCUT2D eigenvalue weighted by Gasteiger charge is -2.30. The van der Waals surface area contributed by atoms with Crippen LogP contribution in [0.5, 0.6) is 5.75 Å². The Morgan fingerprint density at radius 2 is 2.11 bits per heavy atom. The molecule has 8 nitrogen and oxygen atoms in total. The average Bonchev–Trinajstić information content (AvgIpc) is 3.34. The van der Waals surface area contributed by atoms with Crippen LogP contribution in [0.2, 0.25) is 0 Å². The van der Waals surface area contributed by atoms with E-state index in [2.05, 4.69) is 16.5 Å². The Kier molecular flexibility index (Phi) is 4.87. The first kappa shape index (κ1) is 17.6. The van der Waals surface area contributed by atoms with E-state index in [9.17, 15) is 9.59 Å². The Bertz CT molecular complexity index is 771. The van der Waals surface area contributed by atoms with Crippen LogP contribution in [-0.2, 0) is 16.1 Å². The van der Waals surface area contributed by atoms with Gasteiger partial charge in [-0.2, -0.15) is 0 Å². The van der Waals surface area contributed by atoms with E-state index in [0.29, 0.717) is 38.9 Å². The predicted molar refractivity (Wildman–Crippen MR) is 97.0 cm³/mol. The third-order valence-electron chi connectivity index (χ3n) is 5.37. The number of aliphatic carboxylic acids is 1. The molecule has 1 unspecified atom stereocenters. The molecule has 1 saturated heterocycles. The maximum absolute atomic E-state index is 12.3. The summed E-state index contributed by atoms with van der Waals surface area (Å²) in [4.78, 5) is 30.4. The zero-order valence-corrected chi connectivity index (χ0v) is 15.0. The van der Waals surface area contributed by atoms with Crippen molar-refractivity contribution >= 4 is 17.7 Å². The molecule has 0 saturated carbocycles. The number of carboxylic acids is 1. The Labute approximate surface area is 157 Å². The molecule has 8 heteroatoms. The molecule has 1 atom stereocenters. The van der Waals surface area contributed by atoms with Gasteiger partial charge >= 0.3 is 12.0 Å². The predicted octanol–water partition coefficient (Wildman–Crippen LogP) is 1.62. The van der Waals surface area contributed by atoms with E-state index in [1.54, 1.807) is 4.90 Å². The summed E-state index contributed by atoms with van der Waals surface area (Å²) in [6.45, 7) is 2.03. The summed E-state index contributed by atoms with van der Waals surface area (Å²) >= 11 is 0. The van der Waals surface area contributed by atoms with Crippen LogP contribution in [0.1, 0.15) is 30.4 Å². The molecule has 3 aliphatic rings. The number of fused-ring (bicyclic) bond motifs is 1. The molecule has 27 heavy (non-hydrogen) atoms. The van der Waals surface area contributed by atoms with Gasteiger partial charge in [0.1, 0.15) is 5.75 Å². The molecule has 1 aromatic carbocycles.